The maximum absolute atomic E-state index is 13.5. The van der Waals surface area contributed by atoms with Crippen molar-refractivity contribution in [1.29, 1.82) is 0 Å². The zero-order valence-electron chi connectivity index (χ0n) is 10.6. The minimum Gasteiger partial charge on any atom is -0.507 e. The third-order valence-electron chi connectivity index (χ3n) is 3.85. The molecule has 1 aliphatic carbocycles. The molecule has 1 aliphatic rings. The van der Waals surface area contributed by atoms with Crippen molar-refractivity contribution in [2.75, 3.05) is 0 Å². The minimum atomic E-state index is -1.35. The number of carbonyl (C=O) groups is 1. The van der Waals surface area contributed by atoms with E-state index in [1.165, 1.54) is 6.42 Å². The number of aromatic hydroxyl groups is 1. The van der Waals surface area contributed by atoms with Gasteiger partial charge in [-0.2, -0.15) is 0 Å². The number of benzene rings is 1. The fourth-order valence-electron chi connectivity index (χ4n) is 2.78. The van der Waals surface area contributed by atoms with Gasteiger partial charge in [0.05, 0.1) is 0 Å². The van der Waals surface area contributed by atoms with Gasteiger partial charge in [0.2, 0.25) is 0 Å². The van der Waals surface area contributed by atoms with Gasteiger partial charge in [0, 0.05) is 11.6 Å². The molecular weight excluding hydrogens is 249 g/mol. The highest BCUT2D eigenvalue weighted by atomic mass is 19.1. The fraction of sp³-hybridized carbons (Fsp3) is 0.500. The molecule has 5 heteroatoms. The summed E-state index contributed by atoms with van der Waals surface area (Å²) in [6.07, 6.45) is 5.16. The Morgan fingerprint density at radius 2 is 1.95 bits per heavy atom. The Kier molecular flexibility index (Phi) is 4.04. The zero-order valence-corrected chi connectivity index (χ0v) is 10.6. The van der Waals surface area contributed by atoms with Gasteiger partial charge in [-0.3, -0.25) is 0 Å². The Bertz CT molecular complexity index is 484. The maximum Gasteiger partial charge on any atom is 0.339 e. The number of phenols is 1. The lowest BCUT2D eigenvalue weighted by atomic mass is 9.81. The first-order chi connectivity index (χ1) is 9.00. The van der Waals surface area contributed by atoms with Gasteiger partial charge in [-0.25, -0.2) is 9.18 Å². The molecule has 0 saturated heterocycles. The van der Waals surface area contributed by atoms with E-state index in [0.717, 1.165) is 37.8 Å². The molecule has 1 aromatic carbocycles. The number of halogens is 1. The SMILES string of the molecule is N[C@@H](c1cc(F)cc(C(=O)O)c1O)C1CCCCC1. The average Bonchev–Trinajstić information content (AvgIpc) is 2.41. The Hall–Kier alpha value is -1.62. The second-order valence-corrected chi connectivity index (χ2v) is 5.12. The molecule has 104 valence electrons. The van der Waals surface area contributed by atoms with E-state index in [-0.39, 0.29) is 11.5 Å². The van der Waals surface area contributed by atoms with Crippen molar-refractivity contribution < 1.29 is 19.4 Å². The molecule has 0 aromatic heterocycles. The van der Waals surface area contributed by atoms with Crippen LogP contribution in [0.5, 0.6) is 5.75 Å². The molecule has 0 heterocycles. The number of hydrogen-bond acceptors (Lipinski definition) is 3. The van der Waals surface area contributed by atoms with Crippen LogP contribution in [-0.2, 0) is 0 Å². The second-order valence-electron chi connectivity index (χ2n) is 5.12. The summed E-state index contributed by atoms with van der Waals surface area (Å²) in [5.74, 6) is -2.28. The van der Waals surface area contributed by atoms with Gasteiger partial charge in [-0.1, -0.05) is 19.3 Å². The number of rotatable bonds is 3. The minimum absolute atomic E-state index is 0.170. The topological polar surface area (TPSA) is 83.6 Å². The second kappa shape index (κ2) is 5.57. The molecule has 0 bridgehead atoms. The van der Waals surface area contributed by atoms with Crippen LogP contribution in [-0.4, -0.2) is 16.2 Å². The highest BCUT2D eigenvalue weighted by molar-refractivity contribution is 5.91. The normalized spacial score (nSPS) is 18.2. The van der Waals surface area contributed by atoms with Crippen molar-refractivity contribution in [3.8, 4) is 5.75 Å². The number of carboxylic acids is 1. The molecular formula is C14H18FNO3. The van der Waals surface area contributed by atoms with Crippen molar-refractivity contribution in [3.05, 3.63) is 29.1 Å². The lowest BCUT2D eigenvalue weighted by molar-refractivity contribution is 0.0692. The quantitative estimate of drug-likeness (QED) is 0.786. The van der Waals surface area contributed by atoms with Gasteiger partial charge in [-0.05, 0) is 30.9 Å². The maximum atomic E-state index is 13.5. The molecule has 0 spiro atoms. The van der Waals surface area contributed by atoms with Crippen LogP contribution in [0.25, 0.3) is 0 Å². The van der Waals surface area contributed by atoms with Crippen LogP contribution in [0.3, 0.4) is 0 Å². The van der Waals surface area contributed by atoms with E-state index in [0.29, 0.717) is 0 Å². The molecule has 0 unspecified atom stereocenters. The Morgan fingerprint density at radius 1 is 1.32 bits per heavy atom. The standard InChI is InChI=1S/C14H18FNO3/c15-9-6-10(13(17)11(7-9)14(18)19)12(16)8-4-2-1-3-5-8/h6-8,12,17H,1-5,16H2,(H,18,19)/t12-/m1/s1. The van der Waals surface area contributed by atoms with Gasteiger partial charge in [0.15, 0.2) is 0 Å². The number of hydrogen-bond donors (Lipinski definition) is 3. The van der Waals surface area contributed by atoms with E-state index in [1.54, 1.807) is 0 Å². The fourth-order valence-corrected chi connectivity index (χ4v) is 2.78. The van der Waals surface area contributed by atoms with Crippen LogP contribution in [0.1, 0.15) is 54.1 Å². The van der Waals surface area contributed by atoms with Crippen LogP contribution >= 0.6 is 0 Å². The molecule has 4 N–H and O–H groups in total. The van der Waals surface area contributed by atoms with Crippen molar-refractivity contribution in [2.45, 2.75) is 38.1 Å². The van der Waals surface area contributed by atoms with Gasteiger partial charge in [0.1, 0.15) is 17.1 Å². The molecule has 4 nitrogen and oxygen atoms in total. The van der Waals surface area contributed by atoms with Gasteiger partial charge >= 0.3 is 5.97 Å². The number of nitrogens with two attached hydrogens (primary N) is 1. The van der Waals surface area contributed by atoms with Crippen LogP contribution in [0.2, 0.25) is 0 Å². The summed E-state index contributed by atoms with van der Waals surface area (Å²) in [5.41, 5.74) is 5.86. The summed E-state index contributed by atoms with van der Waals surface area (Å²) in [6, 6.07) is 1.43. The molecule has 1 fully saturated rings. The largest absolute Gasteiger partial charge is 0.507 e. The molecule has 0 radical (unpaired) electrons. The van der Waals surface area contributed by atoms with E-state index in [4.69, 9.17) is 10.8 Å². The Balaban J connectivity index is 2.35. The van der Waals surface area contributed by atoms with Crippen LogP contribution in [0.4, 0.5) is 4.39 Å². The first kappa shape index (κ1) is 13.8. The molecule has 1 saturated carbocycles. The summed E-state index contributed by atoms with van der Waals surface area (Å²) >= 11 is 0. The van der Waals surface area contributed by atoms with Gasteiger partial charge in [0.25, 0.3) is 0 Å². The molecule has 1 atom stereocenters. The van der Waals surface area contributed by atoms with E-state index >= 15 is 0 Å². The lowest BCUT2D eigenvalue weighted by Gasteiger charge is -2.28. The molecule has 19 heavy (non-hydrogen) atoms. The highest BCUT2D eigenvalue weighted by Gasteiger charge is 2.26. The number of carboxylic acid groups (broad SMARTS) is 1. The van der Waals surface area contributed by atoms with E-state index in [2.05, 4.69) is 0 Å². The van der Waals surface area contributed by atoms with Crippen LogP contribution in [0.15, 0.2) is 12.1 Å². The van der Waals surface area contributed by atoms with Crippen molar-refractivity contribution >= 4 is 5.97 Å². The van der Waals surface area contributed by atoms with E-state index in [1.807, 2.05) is 0 Å². The smallest absolute Gasteiger partial charge is 0.339 e. The first-order valence-electron chi connectivity index (χ1n) is 6.52. The summed E-state index contributed by atoms with van der Waals surface area (Å²) in [6.45, 7) is 0. The summed E-state index contributed by atoms with van der Waals surface area (Å²) in [7, 11) is 0. The lowest BCUT2D eigenvalue weighted by Crippen LogP contribution is -2.24. The molecule has 0 amide bonds. The van der Waals surface area contributed by atoms with Gasteiger partial charge in [-0.15, -0.1) is 0 Å². The monoisotopic (exact) mass is 267 g/mol. The molecule has 1 aromatic rings. The summed E-state index contributed by atoms with van der Waals surface area (Å²) in [5, 5.41) is 18.9. The summed E-state index contributed by atoms with van der Waals surface area (Å²) in [4.78, 5) is 11.0. The zero-order chi connectivity index (χ0) is 14.0. The Morgan fingerprint density at radius 3 is 2.53 bits per heavy atom. The van der Waals surface area contributed by atoms with Crippen molar-refractivity contribution in [1.82, 2.24) is 0 Å². The highest BCUT2D eigenvalue weighted by Crippen LogP contribution is 2.37. The Labute approximate surface area is 111 Å². The van der Waals surface area contributed by atoms with E-state index < -0.39 is 29.1 Å². The predicted octanol–water partition coefficient (Wildman–Crippen LogP) is 2.81. The van der Waals surface area contributed by atoms with Crippen molar-refractivity contribution in [3.63, 3.8) is 0 Å². The van der Waals surface area contributed by atoms with E-state index in [9.17, 15) is 14.3 Å². The van der Waals surface area contributed by atoms with Crippen LogP contribution in [0, 0.1) is 11.7 Å². The third-order valence-corrected chi connectivity index (χ3v) is 3.85. The predicted molar refractivity (Wildman–Crippen MR) is 68.5 cm³/mol. The average molecular weight is 267 g/mol. The van der Waals surface area contributed by atoms with Crippen LogP contribution < -0.4 is 5.73 Å². The summed E-state index contributed by atoms with van der Waals surface area (Å²) < 4.78 is 13.5. The van der Waals surface area contributed by atoms with Crippen molar-refractivity contribution in [2.24, 2.45) is 11.7 Å². The number of aromatic carboxylic acids is 1. The molecule has 2 rings (SSSR count). The van der Waals surface area contributed by atoms with Gasteiger partial charge < -0.3 is 15.9 Å². The third kappa shape index (κ3) is 2.87. The molecule has 0 aliphatic heterocycles. The first-order valence-corrected chi connectivity index (χ1v) is 6.52.